The average Bonchev–Trinajstić information content (AvgIpc) is 2.79. The second-order valence-electron chi connectivity index (χ2n) is 6.10. The molecule has 1 saturated carbocycles. The van der Waals surface area contributed by atoms with Gasteiger partial charge in [-0.2, -0.15) is 0 Å². The van der Waals surface area contributed by atoms with Crippen molar-refractivity contribution in [3.63, 3.8) is 0 Å². The lowest BCUT2D eigenvalue weighted by Crippen LogP contribution is -2.53. The minimum Gasteiger partial charge on any atom is -0.480 e. The zero-order valence-electron chi connectivity index (χ0n) is 11.2. The standard InChI is InChI=1S/C12H23BN2O4/c1-7-10-8(6-15-7)5-12(14,11(16)17)9(10)3-2-4-13(18)19/h7-10,15,18-19H,2-6,14H2,1H3,(H,16,17)/t7-,8+,9+,10-,12+/m1/s1. The van der Waals surface area contributed by atoms with E-state index in [-0.39, 0.29) is 24.2 Å². The topological polar surface area (TPSA) is 116 Å². The molecule has 1 aliphatic heterocycles. The maximum atomic E-state index is 11.5. The molecule has 2 aliphatic rings. The fourth-order valence-electron chi connectivity index (χ4n) is 4.05. The van der Waals surface area contributed by atoms with E-state index in [4.69, 9.17) is 15.8 Å². The monoisotopic (exact) mass is 270 g/mol. The number of rotatable bonds is 5. The summed E-state index contributed by atoms with van der Waals surface area (Å²) in [6, 6.07) is 0.277. The predicted molar refractivity (Wildman–Crippen MR) is 71.3 cm³/mol. The molecule has 0 radical (unpaired) electrons. The van der Waals surface area contributed by atoms with Gasteiger partial charge >= 0.3 is 13.1 Å². The molecule has 0 spiro atoms. The molecule has 0 aromatic rings. The van der Waals surface area contributed by atoms with E-state index in [0.29, 0.717) is 25.2 Å². The Morgan fingerprint density at radius 1 is 1.53 bits per heavy atom. The van der Waals surface area contributed by atoms with E-state index in [1.165, 1.54) is 0 Å². The number of carboxylic acid groups (broad SMARTS) is 1. The van der Waals surface area contributed by atoms with Gasteiger partial charge in [0, 0.05) is 6.04 Å². The highest BCUT2D eigenvalue weighted by atomic mass is 16.4. The maximum absolute atomic E-state index is 11.5. The van der Waals surface area contributed by atoms with Crippen LogP contribution in [0.4, 0.5) is 0 Å². The summed E-state index contributed by atoms with van der Waals surface area (Å²) < 4.78 is 0. The molecule has 6 nitrogen and oxygen atoms in total. The number of aliphatic carboxylic acids is 1. The summed E-state index contributed by atoms with van der Waals surface area (Å²) in [7, 11) is -1.33. The average molecular weight is 270 g/mol. The van der Waals surface area contributed by atoms with Gasteiger partial charge in [-0.25, -0.2) is 0 Å². The third-order valence-corrected chi connectivity index (χ3v) is 4.93. The summed E-state index contributed by atoms with van der Waals surface area (Å²) in [6.07, 6.45) is 2.00. The van der Waals surface area contributed by atoms with Gasteiger partial charge in [0.1, 0.15) is 5.54 Å². The van der Waals surface area contributed by atoms with Crippen molar-refractivity contribution in [3.8, 4) is 0 Å². The normalized spacial score (nSPS) is 41.3. The number of hydrogen-bond donors (Lipinski definition) is 5. The Morgan fingerprint density at radius 3 is 2.79 bits per heavy atom. The Bertz CT molecular complexity index is 355. The summed E-state index contributed by atoms with van der Waals surface area (Å²) in [5.41, 5.74) is 5.00. The first kappa shape index (κ1) is 14.8. The molecule has 7 heteroatoms. The van der Waals surface area contributed by atoms with Crippen molar-refractivity contribution in [2.75, 3.05) is 6.54 Å². The molecule has 1 saturated heterocycles. The van der Waals surface area contributed by atoms with Gasteiger partial charge in [0.05, 0.1) is 0 Å². The summed E-state index contributed by atoms with van der Waals surface area (Å²) in [6.45, 7) is 2.91. The largest absolute Gasteiger partial charge is 0.480 e. The number of fused-ring (bicyclic) bond motifs is 1. The highest BCUT2D eigenvalue weighted by molar-refractivity contribution is 6.40. The summed E-state index contributed by atoms with van der Waals surface area (Å²) in [5, 5.41) is 30.6. The fourth-order valence-corrected chi connectivity index (χ4v) is 4.05. The first-order valence-electron chi connectivity index (χ1n) is 6.98. The summed E-state index contributed by atoms with van der Waals surface area (Å²) in [5.74, 6) is -0.431. The molecule has 0 unspecified atom stereocenters. The van der Waals surface area contributed by atoms with E-state index >= 15 is 0 Å². The van der Waals surface area contributed by atoms with Crippen molar-refractivity contribution in [1.29, 1.82) is 0 Å². The molecule has 5 atom stereocenters. The van der Waals surface area contributed by atoms with Crippen molar-refractivity contribution in [2.45, 2.75) is 44.1 Å². The first-order valence-corrected chi connectivity index (χ1v) is 6.98. The van der Waals surface area contributed by atoms with E-state index in [1.807, 2.05) is 0 Å². The third kappa shape index (κ3) is 2.65. The second kappa shape index (κ2) is 5.40. The minimum absolute atomic E-state index is 0.0984. The maximum Gasteiger partial charge on any atom is 0.451 e. The molecule has 2 rings (SSSR count). The van der Waals surface area contributed by atoms with Crippen LogP contribution in [-0.2, 0) is 4.79 Å². The van der Waals surface area contributed by atoms with Gasteiger partial charge in [0.25, 0.3) is 0 Å². The lowest BCUT2D eigenvalue weighted by molar-refractivity contribution is -0.145. The van der Waals surface area contributed by atoms with Crippen LogP contribution < -0.4 is 11.1 Å². The molecule has 0 aromatic heterocycles. The van der Waals surface area contributed by atoms with Crippen LogP contribution >= 0.6 is 0 Å². The minimum atomic E-state index is -1.33. The van der Waals surface area contributed by atoms with Crippen LogP contribution in [0.1, 0.15) is 26.2 Å². The van der Waals surface area contributed by atoms with Crippen LogP contribution in [0.25, 0.3) is 0 Å². The van der Waals surface area contributed by atoms with Crippen LogP contribution in [-0.4, -0.2) is 46.4 Å². The highest BCUT2D eigenvalue weighted by Gasteiger charge is 2.58. The van der Waals surface area contributed by atoms with Crippen LogP contribution in [0.5, 0.6) is 0 Å². The third-order valence-electron chi connectivity index (χ3n) is 4.93. The lowest BCUT2D eigenvalue weighted by atomic mass is 9.74. The van der Waals surface area contributed by atoms with Crippen LogP contribution in [0.2, 0.25) is 6.32 Å². The number of hydrogen-bond acceptors (Lipinski definition) is 5. The molecule has 1 aliphatic carbocycles. The lowest BCUT2D eigenvalue weighted by Gasteiger charge is -2.32. The predicted octanol–water partition coefficient (Wildman–Crippen LogP) is -0.734. The molecule has 0 amide bonds. The molecule has 108 valence electrons. The zero-order chi connectivity index (χ0) is 14.2. The van der Waals surface area contributed by atoms with Gasteiger partial charge in [0.2, 0.25) is 0 Å². The van der Waals surface area contributed by atoms with Crippen molar-refractivity contribution >= 4 is 13.1 Å². The van der Waals surface area contributed by atoms with Crippen molar-refractivity contribution in [3.05, 3.63) is 0 Å². The van der Waals surface area contributed by atoms with Gasteiger partial charge in [-0.1, -0.05) is 6.42 Å². The Morgan fingerprint density at radius 2 is 2.21 bits per heavy atom. The van der Waals surface area contributed by atoms with Crippen molar-refractivity contribution in [2.24, 2.45) is 23.5 Å². The summed E-state index contributed by atoms with van der Waals surface area (Å²) >= 11 is 0. The molecule has 19 heavy (non-hydrogen) atoms. The van der Waals surface area contributed by atoms with Gasteiger partial charge in [-0.3, -0.25) is 4.79 Å². The molecule has 6 N–H and O–H groups in total. The van der Waals surface area contributed by atoms with Gasteiger partial charge < -0.3 is 26.2 Å². The second-order valence-corrected chi connectivity index (χ2v) is 6.10. The summed E-state index contributed by atoms with van der Waals surface area (Å²) in [4.78, 5) is 11.5. The number of nitrogens with one attached hydrogen (secondary N) is 1. The molecule has 1 heterocycles. The zero-order valence-corrected chi connectivity index (χ0v) is 11.2. The van der Waals surface area contributed by atoms with Crippen LogP contribution in [0.3, 0.4) is 0 Å². The van der Waals surface area contributed by atoms with Gasteiger partial charge in [0.15, 0.2) is 0 Å². The van der Waals surface area contributed by atoms with Gasteiger partial charge in [-0.05, 0) is 50.4 Å². The molecule has 2 fully saturated rings. The Labute approximate surface area is 113 Å². The Kier molecular flexibility index (Phi) is 4.20. The first-order chi connectivity index (χ1) is 8.86. The van der Waals surface area contributed by atoms with Crippen LogP contribution in [0, 0.1) is 17.8 Å². The fraction of sp³-hybridized carbons (Fsp3) is 0.917. The van der Waals surface area contributed by atoms with Gasteiger partial charge in [-0.15, -0.1) is 0 Å². The molecule has 0 aromatic carbocycles. The van der Waals surface area contributed by atoms with E-state index in [0.717, 1.165) is 6.54 Å². The van der Waals surface area contributed by atoms with Crippen molar-refractivity contribution < 1.29 is 19.9 Å². The van der Waals surface area contributed by atoms with Crippen LogP contribution in [0.15, 0.2) is 0 Å². The SMILES string of the molecule is C[C@H]1NC[C@@H]2C[C@@](N)(C(=O)O)[C@@H](CCCB(O)O)[C@@H]21. The molecular weight excluding hydrogens is 247 g/mol. The van der Waals surface area contributed by atoms with E-state index < -0.39 is 18.6 Å². The van der Waals surface area contributed by atoms with Crippen molar-refractivity contribution in [1.82, 2.24) is 5.32 Å². The molecule has 0 bridgehead atoms. The number of nitrogens with two attached hydrogens (primary N) is 1. The number of carboxylic acids is 1. The van der Waals surface area contributed by atoms with E-state index in [1.54, 1.807) is 0 Å². The van der Waals surface area contributed by atoms with E-state index in [9.17, 15) is 9.90 Å². The number of carbonyl (C=O) groups is 1. The Balaban J connectivity index is 2.10. The smallest absolute Gasteiger partial charge is 0.451 e. The van der Waals surface area contributed by atoms with E-state index in [2.05, 4.69) is 12.2 Å². The highest BCUT2D eigenvalue weighted by Crippen LogP contribution is 2.49. The molecular formula is C12H23BN2O4. The quantitative estimate of drug-likeness (QED) is 0.420. The Hall–Kier alpha value is -0.625.